The molecule has 0 aliphatic heterocycles. The maximum atomic E-state index is 13.3. The van der Waals surface area contributed by atoms with Crippen LogP contribution in [0.1, 0.15) is 18.1 Å². The van der Waals surface area contributed by atoms with Gasteiger partial charge in [0.25, 0.3) is 0 Å². The number of rotatable bonds is 7. The smallest absolute Gasteiger partial charge is 0.147 e. The van der Waals surface area contributed by atoms with Crippen molar-refractivity contribution in [1.29, 1.82) is 0 Å². The summed E-state index contributed by atoms with van der Waals surface area (Å²) in [5.74, 6) is -1.25. The summed E-state index contributed by atoms with van der Waals surface area (Å²) in [6.45, 7) is 0.408. The molecule has 0 fully saturated rings. The molecule has 0 aliphatic carbocycles. The van der Waals surface area contributed by atoms with Crippen LogP contribution in [-0.4, -0.2) is 38.6 Å². The molecule has 0 radical (unpaired) electrons. The number of halogens is 2. The average Bonchev–Trinajstić information content (AvgIpc) is 2.30. The Labute approximate surface area is 111 Å². The van der Waals surface area contributed by atoms with Gasteiger partial charge in [0.1, 0.15) is 21.5 Å². The second kappa shape index (κ2) is 6.93. The Kier molecular flexibility index (Phi) is 5.84. The number of aliphatic hydroxyl groups is 1. The van der Waals surface area contributed by atoms with Crippen molar-refractivity contribution in [1.82, 2.24) is 5.32 Å². The van der Waals surface area contributed by atoms with Crippen LogP contribution in [0.4, 0.5) is 8.78 Å². The minimum Gasteiger partial charge on any atom is -0.387 e. The van der Waals surface area contributed by atoms with E-state index in [4.69, 9.17) is 0 Å². The van der Waals surface area contributed by atoms with E-state index in [-0.39, 0.29) is 17.9 Å². The second-order valence-electron chi connectivity index (χ2n) is 4.37. The van der Waals surface area contributed by atoms with Crippen LogP contribution in [0, 0.1) is 11.6 Å². The predicted molar refractivity (Wildman–Crippen MR) is 68.5 cm³/mol. The highest BCUT2D eigenvalue weighted by molar-refractivity contribution is 7.90. The maximum absolute atomic E-state index is 13.3. The van der Waals surface area contributed by atoms with Crippen molar-refractivity contribution < 1.29 is 22.3 Å². The summed E-state index contributed by atoms with van der Waals surface area (Å²) in [5.41, 5.74) is -0.115. The van der Waals surface area contributed by atoms with Crippen molar-refractivity contribution in [3.05, 3.63) is 35.4 Å². The largest absolute Gasteiger partial charge is 0.387 e. The van der Waals surface area contributed by atoms with Crippen LogP contribution in [0.2, 0.25) is 0 Å². The molecule has 0 aliphatic rings. The fourth-order valence-electron chi connectivity index (χ4n) is 1.58. The van der Waals surface area contributed by atoms with Crippen molar-refractivity contribution in [2.24, 2.45) is 0 Å². The molecule has 108 valence electrons. The van der Waals surface area contributed by atoms with Gasteiger partial charge in [-0.2, -0.15) is 0 Å². The first-order valence-corrected chi connectivity index (χ1v) is 7.87. The predicted octanol–water partition coefficient (Wildman–Crippen LogP) is 1.02. The summed E-state index contributed by atoms with van der Waals surface area (Å²) >= 11 is 0. The molecule has 0 bridgehead atoms. The first-order chi connectivity index (χ1) is 8.79. The standard InChI is InChI=1S/C12H17F2NO3S/c1-19(17,18)6-2-5-15-8-12(16)10-7-9(13)3-4-11(10)14/h3-4,7,12,15-16H,2,5-6,8H2,1H3. The minimum absolute atomic E-state index is 0.0319. The maximum Gasteiger partial charge on any atom is 0.147 e. The summed E-state index contributed by atoms with van der Waals surface area (Å²) < 4.78 is 48.0. The Morgan fingerprint density at radius 3 is 2.68 bits per heavy atom. The number of benzene rings is 1. The van der Waals surface area contributed by atoms with Crippen molar-refractivity contribution >= 4 is 9.84 Å². The summed E-state index contributed by atoms with van der Waals surface area (Å²) in [6, 6.07) is 2.88. The molecule has 0 heterocycles. The summed E-state index contributed by atoms with van der Waals surface area (Å²) in [4.78, 5) is 0. The topological polar surface area (TPSA) is 66.4 Å². The Hall–Kier alpha value is -1.05. The molecule has 0 amide bonds. The third-order valence-electron chi connectivity index (χ3n) is 2.52. The fraction of sp³-hybridized carbons (Fsp3) is 0.500. The van der Waals surface area contributed by atoms with Crippen molar-refractivity contribution in [3.63, 3.8) is 0 Å². The number of hydrogen-bond acceptors (Lipinski definition) is 4. The van der Waals surface area contributed by atoms with E-state index in [9.17, 15) is 22.3 Å². The van der Waals surface area contributed by atoms with E-state index in [1.54, 1.807) is 0 Å². The van der Waals surface area contributed by atoms with Gasteiger partial charge >= 0.3 is 0 Å². The average molecular weight is 293 g/mol. The number of hydrogen-bond donors (Lipinski definition) is 2. The molecule has 7 heteroatoms. The summed E-state index contributed by atoms with van der Waals surface area (Å²) in [7, 11) is -3.00. The first-order valence-electron chi connectivity index (χ1n) is 5.81. The van der Waals surface area contributed by atoms with E-state index >= 15 is 0 Å². The zero-order valence-corrected chi connectivity index (χ0v) is 11.4. The van der Waals surface area contributed by atoms with Gasteiger partial charge in [-0.05, 0) is 31.2 Å². The molecule has 1 unspecified atom stereocenters. The lowest BCUT2D eigenvalue weighted by Crippen LogP contribution is -2.24. The molecule has 0 saturated heterocycles. The van der Waals surface area contributed by atoms with Crippen LogP contribution in [0.15, 0.2) is 18.2 Å². The normalized spacial score (nSPS) is 13.5. The van der Waals surface area contributed by atoms with Gasteiger partial charge in [0.15, 0.2) is 0 Å². The third kappa shape index (κ3) is 6.09. The third-order valence-corrected chi connectivity index (χ3v) is 3.55. The SMILES string of the molecule is CS(=O)(=O)CCCNCC(O)c1cc(F)ccc1F. The van der Waals surface area contributed by atoms with Gasteiger partial charge in [-0.25, -0.2) is 17.2 Å². The molecule has 0 spiro atoms. The molecule has 1 rings (SSSR count). The number of sulfone groups is 1. The van der Waals surface area contributed by atoms with E-state index < -0.39 is 27.6 Å². The highest BCUT2D eigenvalue weighted by atomic mass is 32.2. The summed E-state index contributed by atoms with van der Waals surface area (Å²) in [6.07, 6.45) is 0.371. The molecule has 4 nitrogen and oxygen atoms in total. The fourth-order valence-corrected chi connectivity index (χ4v) is 2.25. The lowest BCUT2D eigenvalue weighted by molar-refractivity contribution is 0.170. The summed E-state index contributed by atoms with van der Waals surface area (Å²) in [5, 5.41) is 12.5. The molecule has 0 saturated carbocycles. The first kappa shape index (κ1) is 16.0. The zero-order chi connectivity index (χ0) is 14.5. The highest BCUT2D eigenvalue weighted by Crippen LogP contribution is 2.17. The van der Waals surface area contributed by atoms with Crippen molar-refractivity contribution in [2.45, 2.75) is 12.5 Å². The lowest BCUT2D eigenvalue weighted by Gasteiger charge is -2.13. The number of nitrogens with one attached hydrogen (secondary N) is 1. The molecule has 1 aromatic rings. The van der Waals surface area contributed by atoms with E-state index in [1.165, 1.54) is 0 Å². The van der Waals surface area contributed by atoms with E-state index in [2.05, 4.69) is 5.32 Å². The molecule has 2 N–H and O–H groups in total. The Morgan fingerprint density at radius 2 is 2.05 bits per heavy atom. The van der Waals surface area contributed by atoms with Crippen LogP contribution in [-0.2, 0) is 9.84 Å². The molecule has 1 aromatic carbocycles. The van der Waals surface area contributed by atoms with Crippen LogP contribution >= 0.6 is 0 Å². The molecule has 1 atom stereocenters. The number of aliphatic hydroxyl groups excluding tert-OH is 1. The van der Waals surface area contributed by atoms with E-state index in [1.807, 2.05) is 0 Å². The quantitative estimate of drug-likeness (QED) is 0.737. The van der Waals surface area contributed by atoms with Gasteiger partial charge in [-0.3, -0.25) is 0 Å². The van der Waals surface area contributed by atoms with Crippen LogP contribution in [0.25, 0.3) is 0 Å². The van der Waals surface area contributed by atoms with Crippen LogP contribution < -0.4 is 5.32 Å². The molecule has 0 aromatic heterocycles. The monoisotopic (exact) mass is 293 g/mol. The van der Waals surface area contributed by atoms with Gasteiger partial charge < -0.3 is 10.4 Å². The van der Waals surface area contributed by atoms with Gasteiger partial charge in [-0.1, -0.05) is 0 Å². The van der Waals surface area contributed by atoms with Gasteiger partial charge in [0.2, 0.25) is 0 Å². The van der Waals surface area contributed by atoms with Gasteiger partial charge in [0, 0.05) is 18.4 Å². The highest BCUT2D eigenvalue weighted by Gasteiger charge is 2.13. The Balaban J connectivity index is 2.39. The minimum atomic E-state index is -3.00. The van der Waals surface area contributed by atoms with E-state index in [0.29, 0.717) is 13.0 Å². The zero-order valence-electron chi connectivity index (χ0n) is 10.6. The Bertz CT molecular complexity index is 520. The van der Waals surface area contributed by atoms with Gasteiger partial charge in [-0.15, -0.1) is 0 Å². The second-order valence-corrected chi connectivity index (χ2v) is 6.63. The van der Waals surface area contributed by atoms with E-state index in [0.717, 1.165) is 24.5 Å². The molecule has 19 heavy (non-hydrogen) atoms. The van der Waals surface area contributed by atoms with Gasteiger partial charge in [0.05, 0.1) is 11.9 Å². The lowest BCUT2D eigenvalue weighted by atomic mass is 10.1. The molecular weight excluding hydrogens is 276 g/mol. The van der Waals surface area contributed by atoms with Crippen molar-refractivity contribution in [3.8, 4) is 0 Å². The Morgan fingerprint density at radius 1 is 1.37 bits per heavy atom. The van der Waals surface area contributed by atoms with Crippen molar-refractivity contribution in [2.75, 3.05) is 25.1 Å². The van der Waals surface area contributed by atoms with Crippen LogP contribution in [0.3, 0.4) is 0 Å². The van der Waals surface area contributed by atoms with Crippen LogP contribution in [0.5, 0.6) is 0 Å². The molecular formula is C12H17F2NO3S.